The summed E-state index contributed by atoms with van der Waals surface area (Å²) in [6.07, 6.45) is 1.71. The molecule has 6 nitrogen and oxygen atoms in total. The first-order valence-electron chi connectivity index (χ1n) is 6.96. The molecule has 2 rings (SSSR count). The van der Waals surface area contributed by atoms with Gasteiger partial charge in [0.15, 0.2) is 5.75 Å². The number of hydrogen-bond acceptors (Lipinski definition) is 5. The molecular formula is C15H23N5O. The van der Waals surface area contributed by atoms with Gasteiger partial charge < -0.3 is 15.4 Å². The zero-order valence-electron chi connectivity index (χ0n) is 13.1. The van der Waals surface area contributed by atoms with Crippen molar-refractivity contribution in [2.75, 3.05) is 27.7 Å². The molecular weight excluding hydrogens is 266 g/mol. The quantitative estimate of drug-likeness (QED) is 0.865. The Labute approximate surface area is 125 Å². The molecule has 1 atom stereocenters. The van der Waals surface area contributed by atoms with Gasteiger partial charge in [0, 0.05) is 12.2 Å². The van der Waals surface area contributed by atoms with E-state index in [0.29, 0.717) is 5.75 Å². The standard InChI is InChI=1S/C15H23N5O/c1-11-6-5-7-12(18-11)14(16)15-13(21-4)10-17-20(15)9-8-19(2)3/h5-7,10,14H,8-9,16H2,1-4H3. The maximum atomic E-state index is 6.40. The van der Waals surface area contributed by atoms with Gasteiger partial charge >= 0.3 is 0 Å². The molecule has 0 saturated heterocycles. The second kappa shape index (κ2) is 6.69. The molecule has 0 radical (unpaired) electrons. The molecule has 0 aliphatic carbocycles. The fraction of sp³-hybridized carbons (Fsp3) is 0.467. The van der Waals surface area contributed by atoms with E-state index >= 15 is 0 Å². The molecule has 0 bridgehead atoms. The lowest BCUT2D eigenvalue weighted by Gasteiger charge is -2.17. The highest BCUT2D eigenvalue weighted by Crippen LogP contribution is 2.27. The monoisotopic (exact) mass is 289 g/mol. The molecule has 0 aliphatic heterocycles. The molecule has 1 unspecified atom stereocenters. The first kappa shape index (κ1) is 15.5. The van der Waals surface area contributed by atoms with Crippen molar-refractivity contribution in [1.82, 2.24) is 19.7 Å². The summed E-state index contributed by atoms with van der Waals surface area (Å²) in [5, 5.41) is 4.39. The van der Waals surface area contributed by atoms with E-state index in [2.05, 4.69) is 15.0 Å². The lowest BCUT2D eigenvalue weighted by atomic mass is 10.1. The SMILES string of the molecule is COc1cnn(CCN(C)C)c1C(N)c1cccc(C)n1. The fourth-order valence-electron chi connectivity index (χ4n) is 2.20. The van der Waals surface area contributed by atoms with Gasteiger partial charge in [-0.2, -0.15) is 5.10 Å². The van der Waals surface area contributed by atoms with Crippen LogP contribution in [0.2, 0.25) is 0 Å². The van der Waals surface area contributed by atoms with Crippen LogP contribution in [0.25, 0.3) is 0 Å². The molecule has 6 heteroatoms. The summed E-state index contributed by atoms with van der Waals surface area (Å²) < 4.78 is 7.30. The minimum Gasteiger partial charge on any atom is -0.493 e. The van der Waals surface area contributed by atoms with Gasteiger partial charge in [-0.25, -0.2) is 0 Å². The Morgan fingerprint density at radius 1 is 1.38 bits per heavy atom. The minimum absolute atomic E-state index is 0.357. The second-order valence-corrected chi connectivity index (χ2v) is 5.31. The number of aryl methyl sites for hydroxylation is 1. The summed E-state index contributed by atoms with van der Waals surface area (Å²) in [6, 6.07) is 5.49. The van der Waals surface area contributed by atoms with Crippen molar-refractivity contribution in [2.45, 2.75) is 19.5 Å². The van der Waals surface area contributed by atoms with E-state index in [-0.39, 0.29) is 6.04 Å². The van der Waals surface area contributed by atoms with Gasteiger partial charge in [-0.15, -0.1) is 0 Å². The van der Waals surface area contributed by atoms with Crippen molar-refractivity contribution in [2.24, 2.45) is 5.73 Å². The summed E-state index contributed by atoms with van der Waals surface area (Å²) >= 11 is 0. The van der Waals surface area contributed by atoms with Gasteiger partial charge in [-0.1, -0.05) is 6.07 Å². The average molecular weight is 289 g/mol. The highest BCUT2D eigenvalue weighted by molar-refractivity contribution is 5.33. The number of aromatic nitrogens is 3. The maximum Gasteiger partial charge on any atom is 0.161 e. The van der Waals surface area contributed by atoms with E-state index in [9.17, 15) is 0 Å². The molecule has 114 valence electrons. The highest BCUT2D eigenvalue weighted by atomic mass is 16.5. The van der Waals surface area contributed by atoms with Gasteiger partial charge in [0.25, 0.3) is 0 Å². The third kappa shape index (κ3) is 3.59. The van der Waals surface area contributed by atoms with Crippen LogP contribution in [0.1, 0.15) is 23.1 Å². The van der Waals surface area contributed by atoms with Crippen molar-refractivity contribution in [3.8, 4) is 5.75 Å². The Kier molecular flexibility index (Phi) is 4.93. The summed E-state index contributed by atoms with van der Waals surface area (Å²) in [4.78, 5) is 6.61. The van der Waals surface area contributed by atoms with E-state index in [4.69, 9.17) is 10.5 Å². The summed E-state index contributed by atoms with van der Waals surface area (Å²) in [6.45, 7) is 3.59. The third-order valence-electron chi connectivity index (χ3n) is 3.35. The number of methoxy groups -OCH3 is 1. The predicted octanol–water partition coefficient (Wildman–Crippen LogP) is 1.20. The molecule has 2 N–H and O–H groups in total. The Morgan fingerprint density at radius 3 is 2.76 bits per heavy atom. The van der Waals surface area contributed by atoms with Crippen molar-refractivity contribution in [1.29, 1.82) is 0 Å². The number of nitrogens with two attached hydrogens (primary N) is 1. The third-order valence-corrected chi connectivity index (χ3v) is 3.35. The van der Waals surface area contributed by atoms with Gasteiger partial charge in [-0.3, -0.25) is 9.67 Å². The Morgan fingerprint density at radius 2 is 2.14 bits per heavy atom. The number of hydrogen-bond donors (Lipinski definition) is 1. The van der Waals surface area contributed by atoms with Gasteiger partial charge in [0.2, 0.25) is 0 Å². The Bertz CT molecular complexity index is 593. The van der Waals surface area contributed by atoms with Crippen molar-refractivity contribution in [3.05, 3.63) is 41.5 Å². The molecule has 2 aromatic heterocycles. The molecule has 2 heterocycles. The van der Waals surface area contributed by atoms with E-state index in [0.717, 1.165) is 30.2 Å². The van der Waals surface area contributed by atoms with Crippen LogP contribution in [0.5, 0.6) is 5.75 Å². The van der Waals surface area contributed by atoms with Crippen LogP contribution in [0.15, 0.2) is 24.4 Å². The first-order valence-corrected chi connectivity index (χ1v) is 6.96. The van der Waals surface area contributed by atoms with Gasteiger partial charge in [0.05, 0.1) is 31.6 Å². The van der Waals surface area contributed by atoms with E-state index in [1.165, 1.54) is 0 Å². The fourth-order valence-corrected chi connectivity index (χ4v) is 2.20. The topological polar surface area (TPSA) is 69.2 Å². The summed E-state index contributed by atoms with van der Waals surface area (Å²) in [5.74, 6) is 0.699. The summed E-state index contributed by atoms with van der Waals surface area (Å²) in [7, 11) is 5.69. The van der Waals surface area contributed by atoms with Crippen molar-refractivity contribution >= 4 is 0 Å². The summed E-state index contributed by atoms with van der Waals surface area (Å²) in [5.41, 5.74) is 9.02. The van der Waals surface area contributed by atoms with E-state index in [1.54, 1.807) is 13.3 Å². The predicted molar refractivity (Wildman–Crippen MR) is 82.3 cm³/mol. The smallest absolute Gasteiger partial charge is 0.161 e. The number of rotatable bonds is 6. The van der Waals surface area contributed by atoms with Crippen LogP contribution in [0, 0.1) is 6.92 Å². The molecule has 0 amide bonds. The van der Waals surface area contributed by atoms with Crippen LogP contribution >= 0.6 is 0 Å². The average Bonchev–Trinajstić information content (AvgIpc) is 2.87. The molecule has 0 saturated carbocycles. The lowest BCUT2D eigenvalue weighted by molar-refractivity contribution is 0.363. The number of likely N-dealkylation sites (N-methyl/N-ethyl adjacent to an activating group) is 1. The van der Waals surface area contributed by atoms with Crippen LogP contribution in [0.3, 0.4) is 0 Å². The maximum absolute atomic E-state index is 6.40. The molecule has 0 aromatic carbocycles. The van der Waals surface area contributed by atoms with Gasteiger partial charge in [-0.05, 0) is 33.2 Å². The molecule has 2 aromatic rings. The number of ether oxygens (including phenoxy) is 1. The number of pyridine rings is 1. The zero-order chi connectivity index (χ0) is 15.4. The highest BCUT2D eigenvalue weighted by Gasteiger charge is 2.21. The Balaban J connectivity index is 2.34. The molecule has 21 heavy (non-hydrogen) atoms. The van der Waals surface area contributed by atoms with Crippen LogP contribution < -0.4 is 10.5 Å². The van der Waals surface area contributed by atoms with E-state index < -0.39 is 0 Å². The molecule has 0 fully saturated rings. The minimum atomic E-state index is -0.357. The van der Waals surface area contributed by atoms with E-state index in [1.807, 2.05) is 43.9 Å². The largest absolute Gasteiger partial charge is 0.493 e. The van der Waals surface area contributed by atoms with Crippen molar-refractivity contribution < 1.29 is 4.74 Å². The lowest BCUT2D eigenvalue weighted by Crippen LogP contribution is -2.24. The molecule has 0 spiro atoms. The first-order chi connectivity index (χ1) is 10.0. The van der Waals surface area contributed by atoms with Crippen molar-refractivity contribution in [3.63, 3.8) is 0 Å². The van der Waals surface area contributed by atoms with Crippen LogP contribution in [-0.4, -0.2) is 47.4 Å². The van der Waals surface area contributed by atoms with Crippen LogP contribution in [0.4, 0.5) is 0 Å². The van der Waals surface area contributed by atoms with Gasteiger partial charge in [0.1, 0.15) is 5.69 Å². The number of nitrogens with zero attached hydrogens (tertiary/aromatic N) is 4. The van der Waals surface area contributed by atoms with Crippen LogP contribution in [-0.2, 0) is 6.54 Å². The molecule has 0 aliphatic rings. The Hall–Kier alpha value is -1.92. The normalized spacial score (nSPS) is 12.7. The second-order valence-electron chi connectivity index (χ2n) is 5.31. The zero-order valence-corrected chi connectivity index (χ0v) is 13.1.